The van der Waals surface area contributed by atoms with Gasteiger partial charge in [0.1, 0.15) is 11.9 Å². The Kier molecular flexibility index (Phi) is 5.02. The normalized spacial score (nSPS) is 27.4. The molecule has 0 aromatic carbocycles. The molecular weight excluding hydrogens is 206 g/mol. The van der Waals surface area contributed by atoms with E-state index in [9.17, 15) is 9.59 Å². The van der Waals surface area contributed by atoms with Crippen molar-refractivity contribution in [1.82, 2.24) is 5.32 Å². The highest BCUT2D eigenvalue weighted by atomic mass is 16.6. The van der Waals surface area contributed by atoms with E-state index in [-0.39, 0.29) is 17.8 Å². The zero-order valence-corrected chi connectivity index (χ0v) is 9.86. The van der Waals surface area contributed by atoms with Crippen LogP contribution in [0.4, 0.5) is 4.79 Å². The lowest BCUT2D eigenvalue weighted by Gasteiger charge is -2.19. The second-order valence-corrected chi connectivity index (χ2v) is 4.10. The summed E-state index contributed by atoms with van der Waals surface area (Å²) in [5.41, 5.74) is 0. The third-order valence-corrected chi connectivity index (χ3v) is 2.85. The number of hydrogen-bond donors (Lipinski definition) is 1. The Morgan fingerprint density at radius 1 is 1.38 bits per heavy atom. The molecule has 90 valence electrons. The van der Waals surface area contributed by atoms with Gasteiger partial charge in [0.2, 0.25) is 0 Å². The molecule has 0 aromatic rings. The van der Waals surface area contributed by atoms with Crippen molar-refractivity contribution in [2.45, 2.75) is 38.7 Å². The summed E-state index contributed by atoms with van der Waals surface area (Å²) in [5, 5.41) is 2.43. The highest BCUT2D eigenvalue weighted by Gasteiger charge is 2.17. The third kappa shape index (κ3) is 4.04. The van der Waals surface area contributed by atoms with Gasteiger partial charge in [-0.3, -0.25) is 4.79 Å². The van der Waals surface area contributed by atoms with Crippen LogP contribution in [-0.4, -0.2) is 25.0 Å². The Bertz CT molecular complexity index is 286. The molecular formula is C12H19NO3. The lowest BCUT2D eigenvalue weighted by molar-refractivity contribution is -0.120. The number of ether oxygens (including phenoxy) is 1. The highest BCUT2D eigenvalue weighted by molar-refractivity contribution is 5.78. The molecule has 0 saturated heterocycles. The maximum Gasteiger partial charge on any atom is 0.407 e. The molecule has 0 spiro atoms. The molecule has 4 heteroatoms. The number of allylic oxidation sites excluding steroid dienone is 1. The van der Waals surface area contributed by atoms with Crippen molar-refractivity contribution in [3.05, 3.63) is 12.2 Å². The van der Waals surface area contributed by atoms with Crippen LogP contribution in [0.3, 0.4) is 0 Å². The second-order valence-electron chi connectivity index (χ2n) is 4.10. The lowest BCUT2D eigenvalue weighted by Crippen LogP contribution is -2.25. The number of alkyl carbamates (subject to hydrolysis) is 1. The molecule has 16 heavy (non-hydrogen) atoms. The average molecular weight is 225 g/mol. The molecule has 1 aliphatic carbocycles. The zero-order chi connectivity index (χ0) is 12.0. The summed E-state index contributed by atoms with van der Waals surface area (Å²) >= 11 is 0. The van der Waals surface area contributed by atoms with Crippen molar-refractivity contribution >= 4 is 11.9 Å². The fourth-order valence-electron chi connectivity index (χ4n) is 1.84. The van der Waals surface area contributed by atoms with Gasteiger partial charge in [-0.2, -0.15) is 0 Å². The minimum Gasteiger partial charge on any atom is -0.442 e. The van der Waals surface area contributed by atoms with Crippen LogP contribution in [-0.2, 0) is 9.53 Å². The van der Waals surface area contributed by atoms with Gasteiger partial charge in [-0.15, -0.1) is 0 Å². The molecule has 0 saturated carbocycles. The topological polar surface area (TPSA) is 55.4 Å². The lowest BCUT2D eigenvalue weighted by atomic mass is 9.91. The van der Waals surface area contributed by atoms with Crippen LogP contribution in [0.25, 0.3) is 0 Å². The first-order valence-corrected chi connectivity index (χ1v) is 5.69. The summed E-state index contributed by atoms with van der Waals surface area (Å²) in [6.07, 6.45) is 6.59. The predicted octanol–water partition coefficient (Wildman–Crippen LogP) is 2.05. The Labute approximate surface area is 96.0 Å². The quantitative estimate of drug-likeness (QED) is 0.732. The summed E-state index contributed by atoms with van der Waals surface area (Å²) in [7, 11) is 1.54. The SMILES string of the molecule is CNC(=O)OC1/C=C/CC(C(C)=O)CCC1. The van der Waals surface area contributed by atoms with E-state index < -0.39 is 6.09 Å². The summed E-state index contributed by atoms with van der Waals surface area (Å²) in [6.45, 7) is 1.64. The minimum absolute atomic E-state index is 0.136. The van der Waals surface area contributed by atoms with Gasteiger partial charge in [-0.1, -0.05) is 6.08 Å². The molecule has 0 heterocycles. The summed E-state index contributed by atoms with van der Waals surface area (Å²) in [5.74, 6) is 0.382. The minimum atomic E-state index is -0.404. The van der Waals surface area contributed by atoms with Crippen LogP contribution in [0.15, 0.2) is 12.2 Å². The molecule has 4 nitrogen and oxygen atoms in total. The van der Waals surface area contributed by atoms with Crippen LogP contribution in [0, 0.1) is 5.92 Å². The van der Waals surface area contributed by atoms with Crippen LogP contribution < -0.4 is 5.32 Å². The Morgan fingerprint density at radius 2 is 2.12 bits per heavy atom. The van der Waals surface area contributed by atoms with E-state index in [4.69, 9.17) is 4.74 Å². The van der Waals surface area contributed by atoms with Gasteiger partial charge in [0.25, 0.3) is 0 Å². The molecule has 1 N–H and O–H groups in total. The molecule has 1 aliphatic rings. The van der Waals surface area contributed by atoms with E-state index in [0.717, 1.165) is 25.7 Å². The zero-order valence-electron chi connectivity index (χ0n) is 9.86. The van der Waals surface area contributed by atoms with Gasteiger partial charge in [0.15, 0.2) is 0 Å². The summed E-state index contributed by atoms with van der Waals surface area (Å²) < 4.78 is 5.15. The molecule has 0 aliphatic heterocycles. The number of hydrogen-bond acceptors (Lipinski definition) is 3. The van der Waals surface area contributed by atoms with Crippen molar-refractivity contribution in [2.24, 2.45) is 5.92 Å². The van der Waals surface area contributed by atoms with E-state index in [1.807, 2.05) is 12.2 Å². The standard InChI is InChI=1S/C12H19NO3/c1-9(14)10-5-3-7-11(8-4-6-10)16-12(15)13-2/h3,7,10-11H,4-6,8H2,1-2H3,(H,13,15)/b7-3+. The molecule has 1 rings (SSSR count). The number of ketones is 1. The molecule has 2 atom stereocenters. The van der Waals surface area contributed by atoms with Gasteiger partial charge in [-0.05, 0) is 38.7 Å². The average Bonchev–Trinajstić information content (AvgIpc) is 2.21. The van der Waals surface area contributed by atoms with Gasteiger partial charge in [-0.25, -0.2) is 4.79 Å². The predicted molar refractivity (Wildman–Crippen MR) is 61.1 cm³/mol. The fourth-order valence-corrected chi connectivity index (χ4v) is 1.84. The fraction of sp³-hybridized carbons (Fsp3) is 0.667. The first kappa shape index (κ1) is 12.7. The summed E-state index contributed by atoms with van der Waals surface area (Å²) in [6, 6.07) is 0. The van der Waals surface area contributed by atoms with Gasteiger partial charge in [0.05, 0.1) is 0 Å². The summed E-state index contributed by atoms with van der Waals surface area (Å²) in [4.78, 5) is 22.3. The number of rotatable bonds is 2. The number of carbonyl (C=O) groups is 2. The van der Waals surface area contributed by atoms with Crippen molar-refractivity contribution in [2.75, 3.05) is 7.05 Å². The largest absolute Gasteiger partial charge is 0.442 e. The van der Waals surface area contributed by atoms with Crippen LogP contribution in [0.5, 0.6) is 0 Å². The van der Waals surface area contributed by atoms with E-state index in [0.29, 0.717) is 0 Å². The van der Waals surface area contributed by atoms with E-state index in [2.05, 4.69) is 5.32 Å². The molecule has 0 bridgehead atoms. The Hall–Kier alpha value is -1.32. The van der Waals surface area contributed by atoms with Crippen molar-refractivity contribution < 1.29 is 14.3 Å². The second kappa shape index (κ2) is 6.30. The van der Waals surface area contributed by atoms with Gasteiger partial charge < -0.3 is 10.1 Å². The Morgan fingerprint density at radius 3 is 2.75 bits per heavy atom. The maximum atomic E-state index is 11.2. The number of carbonyl (C=O) groups excluding carboxylic acids is 2. The first-order valence-electron chi connectivity index (χ1n) is 5.69. The number of nitrogens with one attached hydrogen (secondary N) is 1. The smallest absolute Gasteiger partial charge is 0.407 e. The third-order valence-electron chi connectivity index (χ3n) is 2.85. The Balaban J connectivity index is 2.48. The van der Waals surface area contributed by atoms with Gasteiger partial charge in [0, 0.05) is 13.0 Å². The maximum absolute atomic E-state index is 11.2. The number of amides is 1. The van der Waals surface area contributed by atoms with E-state index in [1.165, 1.54) is 0 Å². The highest BCUT2D eigenvalue weighted by Crippen LogP contribution is 2.20. The van der Waals surface area contributed by atoms with Crippen LogP contribution in [0.2, 0.25) is 0 Å². The van der Waals surface area contributed by atoms with Crippen LogP contribution >= 0.6 is 0 Å². The number of Topliss-reactive ketones (excluding diaryl/α,β-unsaturated/α-hetero) is 1. The van der Waals surface area contributed by atoms with Gasteiger partial charge >= 0.3 is 6.09 Å². The first-order chi connectivity index (χ1) is 7.63. The van der Waals surface area contributed by atoms with E-state index >= 15 is 0 Å². The van der Waals surface area contributed by atoms with E-state index in [1.54, 1.807) is 14.0 Å². The van der Waals surface area contributed by atoms with Crippen molar-refractivity contribution in [3.63, 3.8) is 0 Å². The van der Waals surface area contributed by atoms with Crippen molar-refractivity contribution in [3.8, 4) is 0 Å². The van der Waals surface area contributed by atoms with Crippen molar-refractivity contribution in [1.29, 1.82) is 0 Å². The monoisotopic (exact) mass is 225 g/mol. The molecule has 2 unspecified atom stereocenters. The molecule has 0 radical (unpaired) electrons. The molecule has 1 amide bonds. The molecule has 0 aromatic heterocycles. The molecule has 0 fully saturated rings. The van der Waals surface area contributed by atoms with Crippen LogP contribution in [0.1, 0.15) is 32.6 Å².